The highest BCUT2D eigenvalue weighted by molar-refractivity contribution is 7.99. The van der Waals surface area contributed by atoms with E-state index in [9.17, 15) is 5.11 Å². The Hall–Kier alpha value is -2.07. The lowest BCUT2D eigenvalue weighted by atomic mass is 9.90. The smallest absolute Gasteiger partial charge is 0.276 e. The largest absolute Gasteiger partial charge is 0.493 e. The molecule has 0 aliphatic heterocycles. The summed E-state index contributed by atoms with van der Waals surface area (Å²) in [6.07, 6.45) is 2.85. The molecule has 4 rings (SSSR count). The summed E-state index contributed by atoms with van der Waals surface area (Å²) in [7, 11) is 3.20. The summed E-state index contributed by atoms with van der Waals surface area (Å²) in [6.45, 7) is 2.87. The average Bonchev–Trinajstić information content (AvgIpc) is 3.44. The van der Waals surface area contributed by atoms with E-state index in [0.717, 1.165) is 29.2 Å². The van der Waals surface area contributed by atoms with E-state index < -0.39 is 6.10 Å². The van der Waals surface area contributed by atoms with Gasteiger partial charge >= 0.3 is 0 Å². The van der Waals surface area contributed by atoms with Gasteiger partial charge in [0.1, 0.15) is 0 Å². The lowest BCUT2D eigenvalue weighted by Gasteiger charge is -2.16. The molecule has 2 aromatic heterocycles. The number of aliphatic hydroxyl groups excluding tert-OH is 1. The molecule has 1 aliphatic carbocycles. The molecule has 1 aliphatic rings. The molecule has 3 aromatic rings. The third-order valence-electron chi connectivity index (χ3n) is 5.37. The number of rotatable bonds is 10. The van der Waals surface area contributed by atoms with E-state index in [0.29, 0.717) is 35.0 Å². The quantitative estimate of drug-likeness (QED) is 0.425. The summed E-state index contributed by atoms with van der Waals surface area (Å²) in [5, 5.41) is 19.0. The Morgan fingerprint density at radius 1 is 1.22 bits per heavy atom. The van der Waals surface area contributed by atoms with Crippen LogP contribution in [0, 0.1) is 5.92 Å². The van der Waals surface area contributed by atoms with Gasteiger partial charge in [-0.15, -0.1) is 21.5 Å². The van der Waals surface area contributed by atoms with Gasteiger partial charge in [0, 0.05) is 10.6 Å². The van der Waals surface area contributed by atoms with Crippen molar-refractivity contribution in [3.8, 4) is 22.3 Å². The Kier molecular flexibility index (Phi) is 7.72. The molecule has 9 heteroatoms. The van der Waals surface area contributed by atoms with Gasteiger partial charge in [-0.2, -0.15) is 0 Å². The van der Waals surface area contributed by atoms with Crippen LogP contribution in [0.5, 0.6) is 11.5 Å². The highest BCUT2D eigenvalue weighted by atomic mass is 32.2. The van der Waals surface area contributed by atoms with Gasteiger partial charge in [0.2, 0.25) is 0 Å². The summed E-state index contributed by atoms with van der Waals surface area (Å²) in [6, 6.07) is 7.80. The van der Waals surface area contributed by atoms with Crippen LogP contribution in [-0.2, 0) is 24.2 Å². The normalized spacial score (nSPS) is 16.6. The van der Waals surface area contributed by atoms with Crippen LogP contribution in [0.3, 0.4) is 0 Å². The van der Waals surface area contributed by atoms with Gasteiger partial charge < -0.3 is 23.7 Å². The number of hydrogen-bond donors (Lipinski definition) is 1. The number of thiophene rings is 1. The van der Waals surface area contributed by atoms with Crippen LogP contribution in [0.1, 0.15) is 29.3 Å². The number of hydrogen-bond acceptors (Lipinski definition) is 9. The molecule has 1 N–H and O–H groups in total. The van der Waals surface area contributed by atoms with Crippen LogP contribution < -0.4 is 9.47 Å². The Balaban J connectivity index is 1.24. The number of methoxy groups -OCH3 is 2. The van der Waals surface area contributed by atoms with Crippen LogP contribution in [0.4, 0.5) is 0 Å². The molecular formula is C23H28N2O5S2. The SMILES string of the molecule is COc1ccc(COCC(O)CSc2nnc(-c3cc4c(s3)CCC(C)C4)o2)cc1OC. The molecule has 2 unspecified atom stereocenters. The van der Waals surface area contributed by atoms with Crippen molar-refractivity contribution in [3.05, 3.63) is 40.3 Å². The number of fused-ring (bicyclic) bond motifs is 1. The molecule has 172 valence electrons. The van der Waals surface area contributed by atoms with Crippen molar-refractivity contribution < 1.29 is 23.7 Å². The van der Waals surface area contributed by atoms with Crippen molar-refractivity contribution >= 4 is 23.1 Å². The highest BCUT2D eigenvalue weighted by Crippen LogP contribution is 2.37. The Morgan fingerprint density at radius 3 is 2.88 bits per heavy atom. The predicted octanol–water partition coefficient (Wildman–Crippen LogP) is 4.61. The standard InChI is InChI=1S/C23H28N2O5S2/c1-14-4-7-20-16(8-14)10-21(32-20)22-24-25-23(30-22)31-13-17(26)12-29-11-15-5-6-18(27-2)19(9-15)28-3/h5-6,9-10,14,17,26H,4,7-8,11-13H2,1-3H3. The molecule has 1 aromatic carbocycles. The van der Waals surface area contributed by atoms with Gasteiger partial charge in [-0.05, 0) is 54.5 Å². The molecule has 0 bridgehead atoms. The van der Waals surface area contributed by atoms with Crippen LogP contribution in [-0.4, -0.2) is 48.0 Å². The molecule has 0 saturated carbocycles. The van der Waals surface area contributed by atoms with E-state index in [1.807, 2.05) is 18.2 Å². The van der Waals surface area contributed by atoms with Crippen LogP contribution in [0.25, 0.3) is 10.8 Å². The van der Waals surface area contributed by atoms with Crippen molar-refractivity contribution in [2.75, 3.05) is 26.6 Å². The number of aliphatic hydroxyl groups is 1. The van der Waals surface area contributed by atoms with E-state index in [1.165, 1.54) is 28.6 Å². The second kappa shape index (κ2) is 10.7. The predicted molar refractivity (Wildman–Crippen MR) is 125 cm³/mol. The molecule has 2 atom stereocenters. The van der Waals surface area contributed by atoms with E-state index >= 15 is 0 Å². The van der Waals surface area contributed by atoms with Crippen LogP contribution in [0.15, 0.2) is 33.9 Å². The maximum atomic E-state index is 10.3. The Morgan fingerprint density at radius 2 is 2.06 bits per heavy atom. The molecule has 32 heavy (non-hydrogen) atoms. The van der Waals surface area contributed by atoms with Gasteiger partial charge in [-0.1, -0.05) is 24.8 Å². The van der Waals surface area contributed by atoms with Crippen LogP contribution >= 0.6 is 23.1 Å². The third kappa shape index (κ3) is 5.64. The zero-order valence-electron chi connectivity index (χ0n) is 18.5. The fourth-order valence-corrected chi connectivity index (χ4v) is 5.48. The first kappa shape index (κ1) is 23.1. The number of aromatic nitrogens is 2. The molecular weight excluding hydrogens is 448 g/mol. The van der Waals surface area contributed by atoms with E-state index in [2.05, 4.69) is 23.2 Å². The summed E-state index contributed by atoms with van der Waals surface area (Å²) in [5.41, 5.74) is 2.36. The Bertz CT molecular complexity index is 1040. The van der Waals surface area contributed by atoms with Crippen LogP contribution in [0.2, 0.25) is 0 Å². The van der Waals surface area contributed by atoms with Gasteiger partial charge in [0.05, 0.1) is 38.4 Å². The van der Waals surface area contributed by atoms with Gasteiger partial charge in [-0.25, -0.2) is 0 Å². The summed E-state index contributed by atoms with van der Waals surface area (Å²) in [4.78, 5) is 2.47. The minimum atomic E-state index is -0.647. The van der Waals surface area contributed by atoms with Crippen molar-refractivity contribution in [1.29, 1.82) is 0 Å². The zero-order valence-corrected chi connectivity index (χ0v) is 20.1. The summed E-state index contributed by atoms with van der Waals surface area (Å²) in [5.74, 6) is 3.02. The van der Waals surface area contributed by atoms with Gasteiger partial charge in [0.15, 0.2) is 11.5 Å². The minimum absolute atomic E-state index is 0.207. The molecule has 0 spiro atoms. The fraction of sp³-hybridized carbons (Fsp3) is 0.478. The van der Waals surface area contributed by atoms with E-state index in [4.69, 9.17) is 18.6 Å². The number of benzene rings is 1. The topological polar surface area (TPSA) is 86.8 Å². The second-order valence-electron chi connectivity index (χ2n) is 7.95. The van der Waals surface area contributed by atoms with Crippen molar-refractivity contribution in [1.82, 2.24) is 10.2 Å². The van der Waals surface area contributed by atoms with E-state index in [1.54, 1.807) is 25.6 Å². The average molecular weight is 477 g/mol. The van der Waals surface area contributed by atoms with Crippen molar-refractivity contribution in [2.45, 2.75) is 44.1 Å². The maximum absolute atomic E-state index is 10.3. The molecule has 0 saturated heterocycles. The molecule has 7 nitrogen and oxygen atoms in total. The fourth-order valence-electron chi connectivity index (χ4n) is 3.68. The number of nitrogens with zero attached hydrogens (tertiary/aromatic N) is 2. The third-order valence-corrected chi connectivity index (χ3v) is 7.56. The highest BCUT2D eigenvalue weighted by Gasteiger charge is 2.21. The molecule has 0 amide bonds. The lowest BCUT2D eigenvalue weighted by molar-refractivity contribution is 0.0396. The number of aryl methyl sites for hydroxylation is 1. The number of thioether (sulfide) groups is 1. The van der Waals surface area contributed by atoms with Gasteiger partial charge in [0.25, 0.3) is 11.1 Å². The molecule has 2 heterocycles. The summed E-state index contributed by atoms with van der Waals surface area (Å²) < 4.78 is 22.0. The molecule has 0 fully saturated rings. The lowest BCUT2D eigenvalue weighted by Crippen LogP contribution is -2.17. The Labute approximate surface area is 196 Å². The van der Waals surface area contributed by atoms with Crippen molar-refractivity contribution in [3.63, 3.8) is 0 Å². The second-order valence-corrected chi connectivity index (χ2v) is 10.1. The first-order valence-corrected chi connectivity index (χ1v) is 12.4. The first-order chi connectivity index (χ1) is 15.6. The number of ether oxygens (including phenoxy) is 3. The van der Waals surface area contributed by atoms with E-state index in [-0.39, 0.29) is 6.61 Å². The zero-order chi connectivity index (χ0) is 22.5. The monoisotopic (exact) mass is 476 g/mol. The first-order valence-electron chi connectivity index (χ1n) is 10.6. The van der Waals surface area contributed by atoms with Gasteiger partial charge in [-0.3, -0.25) is 0 Å². The maximum Gasteiger partial charge on any atom is 0.276 e. The minimum Gasteiger partial charge on any atom is -0.493 e. The summed E-state index contributed by atoms with van der Waals surface area (Å²) >= 11 is 3.08. The van der Waals surface area contributed by atoms with Crippen molar-refractivity contribution in [2.24, 2.45) is 5.92 Å². The molecule has 0 radical (unpaired) electrons.